The number of hydrogen-bond donors (Lipinski definition) is 0. The van der Waals surface area contributed by atoms with Crippen LogP contribution in [-0.2, 0) is 0 Å². The third-order valence-corrected chi connectivity index (χ3v) is 5.57. The summed E-state index contributed by atoms with van der Waals surface area (Å²) in [5.41, 5.74) is 1.08. The lowest BCUT2D eigenvalue weighted by molar-refractivity contribution is 0.00684. The summed E-state index contributed by atoms with van der Waals surface area (Å²) in [6.07, 6.45) is 4.45. The van der Waals surface area contributed by atoms with Crippen molar-refractivity contribution in [3.05, 3.63) is 0 Å². The normalized spacial score (nSPS) is 36.5. The van der Waals surface area contributed by atoms with Crippen LogP contribution in [0.25, 0.3) is 0 Å². The highest BCUT2D eigenvalue weighted by Crippen LogP contribution is 2.55. The molecule has 1 saturated carbocycles. The second-order valence-electron chi connectivity index (χ2n) is 8.11. The van der Waals surface area contributed by atoms with E-state index in [-0.39, 0.29) is 0 Å². The highest BCUT2D eigenvalue weighted by Gasteiger charge is 2.51. The van der Waals surface area contributed by atoms with E-state index in [0.717, 1.165) is 17.8 Å². The molecule has 1 aliphatic carbocycles. The largest absolute Gasteiger partial charge is 0.298 e. The fourth-order valence-corrected chi connectivity index (χ4v) is 3.81. The van der Waals surface area contributed by atoms with Crippen LogP contribution in [0.15, 0.2) is 0 Å². The van der Waals surface area contributed by atoms with E-state index in [1.165, 1.54) is 32.4 Å². The van der Waals surface area contributed by atoms with E-state index in [0.29, 0.717) is 11.0 Å². The molecule has 1 heteroatoms. The molecule has 1 unspecified atom stereocenters. The molecular weight excluding hydrogens is 206 g/mol. The summed E-state index contributed by atoms with van der Waals surface area (Å²) < 4.78 is 0. The fraction of sp³-hybridized carbons (Fsp3) is 1.00. The van der Waals surface area contributed by atoms with Crippen molar-refractivity contribution in [2.75, 3.05) is 13.1 Å². The second-order valence-corrected chi connectivity index (χ2v) is 8.11. The fourth-order valence-electron chi connectivity index (χ4n) is 3.81. The van der Waals surface area contributed by atoms with E-state index in [1.54, 1.807) is 0 Å². The summed E-state index contributed by atoms with van der Waals surface area (Å²) in [6.45, 7) is 17.0. The van der Waals surface area contributed by atoms with Crippen LogP contribution in [0.3, 0.4) is 0 Å². The van der Waals surface area contributed by atoms with Gasteiger partial charge in [0, 0.05) is 12.1 Å². The van der Waals surface area contributed by atoms with Gasteiger partial charge in [0.25, 0.3) is 0 Å². The zero-order valence-corrected chi connectivity index (χ0v) is 12.7. The highest BCUT2D eigenvalue weighted by molar-refractivity contribution is 5.03. The zero-order chi connectivity index (χ0) is 12.8. The molecule has 2 rings (SSSR count). The average molecular weight is 237 g/mol. The van der Waals surface area contributed by atoms with Crippen LogP contribution < -0.4 is 0 Å². The minimum atomic E-state index is 0.373. The molecular formula is C16H31N. The summed E-state index contributed by atoms with van der Waals surface area (Å²) in [5, 5.41) is 0. The molecule has 2 aliphatic rings. The summed E-state index contributed by atoms with van der Waals surface area (Å²) in [4.78, 5) is 2.70. The molecule has 0 amide bonds. The van der Waals surface area contributed by atoms with E-state index in [1.807, 2.05) is 0 Å². The molecule has 1 nitrogen and oxygen atoms in total. The van der Waals surface area contributed by atoms with Crippen molar-refractivity contribution in [2.24, 2.45) is 23.2 Å². The van der Waals surface area contributed by atoms with Crippen LogP contribution in [-0.4, -0.2) is 23.5 Å². The number of hydrogen-bond acceptors (Lipinski definition) is 1. The van der Waals surface area contributed by atoms with Crippen LogP contribution in [0.5, 0.6) is 0 Å². The standard InChI is InChI=1S/C16H31N/c1-12(2)13(3)14-9-16(10-14)7-8-17(11-16)15(4,5)6/h12-14H,7-11H2,1-6H3. The molecule has 1 atom stereocenters. The highest BCUT2D eigenvalue weighted by atomic mass is 15.2. The molecule has 0 radical (unpaired) electrons. The van der Waals surface area contributed by atoms with Crippen molar-refractivity contribution in [1.82, 2.24) is 4.90 Å². The Morgan fingerprint density at radius 3 is 2.12 bits per heavy atom. The molecule has 0 aromatic rings. The van der Waals surface area contributed by atoms with Crippen molar-refractivity contribution in [3.8, 4) is 0 Å². The van der Waals surface area contributed by atoms with E-state index < -0.39 is 0 Å². The Labute approximate surface area is 108 Å². The number of nitrogens with zero attached hydrogens (tertiary/aromatic N) is 1. The van der Waals surface area contributed by atoms with Gasteiger partial charge in [0.1, 0.15) is 0 Å². The first-order valence-corrected chi connectivity index (χ1v) is 7.49. The van der Waals surface area contributed by atoms with Crippen LogP contribution in [0.1, 0.15) is 60.8 Å². The van der Waals surface area contributed by atoms with Gasteiger partial charge in [0.05, 0.1) is 0 Å². The Bertz CT molecular complexity index is 268. The van der Waals surface area contributed by atoms with Crippen molar-refractivity contribution >= 4 is 0 Å². The summed E-state index contributed by atoms with van der Waals surface area (Å²) >= 11 is 0. The third-order valence-electron chi connectivity index (χ3n) is 5.57. The Morgan fingerprint density at radius 1 is 1.12 bits per heavy atom. The SMILES string of the molecule is CC(C)C(C)C1CC2(CCN(C(C)(C)C)C2)C1. The lowest BCUT2D eigenvalue weighted by Gasteiger charge is -2.49. The molecule has 1 spiro atoms. The maximum absolute atomic E-state index is 2.70. The van der Waals surface area contributed by atoms with E-state index in [4.69, 9.17) is 0 Å². The van der Waals surface area contributed by atoms with E-state index in [9.17, 15) is 0 Å². The van der Waals surface area contributed by atoms with Gasteiger partial charge in [-0.05, 0) is 69.7 Å². The minimum absolute atomic E-state index is 0.373. The number of rotatable bonds is 2. The van der Waals surface area contributed by atoms with Crippen LogP contribution in [0.2, 0.25) is 0 Å². The predicted molar refractivity (Wildman–Crippen MR) is 75.1 cm³/mol. The van der Waals surface area contributed by atoms with Gasteiger partial charge >= 0.3 is 0 Å². The monoisotopic (exact) mass is 237 g/mol. The van der Waals surface area contributed by atoms with E-state index in [2.05, 4.69) is 46.4 Å². The summed E-state index contributed by atoms with van der Waals surface area (Å²) in [6, 6.07) is 0. The maximum atomic E-state index is 2.70. The molecule has 0 aromatic carbocycles. The Morgan fingerprint density at radius 2 is 1.71 bits per heavy atom. The Kier molecular flexibility index (Phi) is 3.36. The summed E-state index contributed by atoms with van der Waals surface area (Å²) in [5.74, 6) is 2.79. The van der Waals surface area contributed by atoms with E-state index >= 15 is 0 Å². The first-order valence-electron chi connectivity index (χ1n) is 7.49. The molecule has 0 N–H and O–H groups in total. The molecule has 1 heterocycles. The Balaban J connectivity index is 1.87. The molecule has 100 valence electrons. The van der Waals surface area contributed by atoms with Crippen molar-refractivity contribution in [2.45, 2.75) is 66.3 Å². The first-order chi connectivity index (χ1) is 7.73. The quantitative estimate of drug-likeness (QED) is 0.696. The maximum Gasteiger partial charge on any atom is 0.0125 e. The third kappa shape index (κ3) is 2.54. The minimum Gasteiger partial charge on any atom is -0.298 e. The predicted octanol–water partition coefficient (Wildman–Crippen LogP) is 4.18. The first kappa shape index (κ1) is 13.4. The van der Waals surface area contributed by atoms with Crippen molar-refractivity contribution in [1.29, 1.82) is 0 Å². The molecule has 0 bridgehead atoms. The number of likely N-dealkylation sites (tertiary alicyclic amines) is 1. The van der Waals surface area contributed by atoms with Crippen LogP contribution in [0, 0.1) is 23.2 Å². The van der Waals surface area contributed by atoms with Crippen LogP contribution in [0.4, 0.5) is 0 Å². The molecule has 17 heavy (non-hydrogen) atoms. The molecule has 0 aromatic heterocycles. The lowest BCUT2D eigenvalue weighted by Crippen LogP contribution is -2.46. The molecule has 2 fully saturated rings. The zero-order valence-electron chi connectivity index (χ0n) is 12.7. The van der Waals surface area contributed by atoms with Gasteiger partial charge in [-0.15, -0.1) is 0 Å². The topological polar surface area (TPSA) is 3.24 Å². The summed E-state index contributed by atoms with van der Waals surface area (Å²) in [7, 11) is 0. The van der Waals surface area contributed by atoms with Crippen molar-refractivity contribution in [3.63, 3.8) is 0 Å². The van der Waals surface area contributed by atoms with Gasteiger partial charge in [0.15, 0.2) is 0 Å². The van der Waals surface area contributed by atoms with Crippen molar-refractivity contribution < 1.29 is 0 Å². The smallest absolute Gasteiger partial charge is 0.0125 e. The van der Waals surface area contributed by atoms with Gasteiger partial charge in [-0.1, -0.05) is 20.8 Å². The van der Waals surface area contributed by atoms with Gasteiger partial charge in [-0.3, -0.25) is 4.90 Å². The lowest BCUT2D eigenvalue weighted by atomic mass is 9.56. The molecule has 1 aliphatic heterocycles. The van der Waals surface area contributed by atoms with Crippen LogP contribution >= 0.6 is 0 Å². The Hall–Kier alpha value is -0.0400. The van der Waals surface area contributed by atoms with Gasteiger partial charge in [-0.25, -0.2) is 0 Å². The second kappa shape index (κ2) is 4.26. The van der Waals surface area contributed by atoms with Gasteiger partial charge < -0.3 is 0 Å². The van der Waals surface area contributed by atoms with Gasteiger partial charge in [0.2, 0.25) is 0 Å². The molecule has 1 saturated heterocycles. The average Bonchev–Trinajstić information content (AvgIpc) is 2.57. The van der Waals surface area contributed by atoms with Gasteiger partial charge in [-0.2, -0.15) is 0 Å².